The first-order valence-corrected chi connectivity index (χ1v) is 11.2. The molecule has 1 fully saturated rings. The largest absolute Gasteiger partial charge is 0.461 e. The summed E-state index contributed by atoms with van der Waals surface area (Å²) >= 11 is 0. The molecular weight excluding hydrogens is 396 g/mol. The van der Waals surface area contributed by atoms with Crippen molar-refractivity contribution in [1.82, 2.24) is 19.7 Å². The summed E-state index contributed by atoms with van der Waals surface area (Å²) < 4.78 is 14.8. The Morgan fingerprint density at radius 1 is 1.32 bits per heavy atom. The van der Waals surface area contributed by atoms with Gasteiger partial charge in [0.05, 0.1) is 23.6 Å². The average Bonchev–Trinajstić information content (AvgIpc) is 3.25. The van der Waals surface area contributed by atoms with Crippen LogP contribution in [0.5, 0.6) is 0 Å². The van der Waals surface area contributed by atoms with Gasteiger partial charge < -0.3 is 19.4 Å². The first kappa shape index (κ1) is 21.6. The average molecular weight is 429 g/mol. The molecule has 1 saturated heterocycles. The summed E-state index contributed by atoms with van der Waals surface area (Å²) in [5, 5.41) is 7.89. The maximum atomic E-state index is 12.9. The summed E-state index contributed by atoms with van der Waals surface area (Å²) in [6.07, 6.45) is 4.05. The van der Waals surface area contributed by atoms with E-state index in [1.54, 1.807) is 6.07 Å². The van der Waals surface area contributed by atoms with Crippen molar-refractivity contribution in [3.8, 4) is 0 Å². The van der Waals surface area contributed by atoms with E-state index in [4.69, 9.17) is 14.6 Å². The highest BCUT2D eigenvalue weighted by Crippen LogP contribution is 2.37. The number of hydrogen-bond acceptors (Lipinski definition) is 5. The van der Waals surface area contributed by atoms with Crippen molar-refractivity contribution in [2.45, 2.75) is 52.5 Å². The second-order valence-corrected chi connectivity index (χ2v) is 8.73. The monoisotopic (exact) mass is 428 g/mol. The molecular formula is C23H32N4O4. The molecule has 0 saturated carbocycles. The molecule has 0 unspecified atom stereocenters. The van der Waals surface area contributed by atoms with Gasteiger partial charge in [0, 0.05) is 45.5 Å². The molecule has 0 bridgehead atoms. The smallest absolute Gasteiger partial charge is 0.354 e. The van der Waals surface area contributed by atoms with Crippen LogP contribution >= 0.6 is 0 Å². The second kappa shape index (κ2) is 8.86. The molecule has 0 atom stereocenters. The number of carbonyl (C=O) groups excluding carboxylic acids is 2. The Kier molecular flexibility index (Phi) is 6.18. The quantitative estimate of drug-likeness (QED) is 0.564. The Hall–Kier alpha value is -2.61. The van der Waals surface area contributed by atoms with Crippen LogP contribution in [-0.4, -0.2) is 52.6 Å². The predicted octanol–water partition coefficient (Wildman–Crippen LogP) is 2.42. The van der Waals surface area contributed by atoms with Gasteiger partial charge >= 0.3 is 5.97 Å². The van der Waals surface area contributed by atoms with Crippen molar-refractivity contribution in [3.63, 3.8) is 0 Å². The van der Waals surface area contributed by atoms with Crippen LogP contribution in [0.3, 0.4) is 0 Å². The zero-order chi connectivity index (χ0) is 22.0. The van der Waals surface area contributed by atoms with E-state index in [-0.39, 0.29) is 17.3 Å². The lowest BCUT2D eigenvalue weighted by Crippen LogP contribution is -2.40. The van der Waals surface area contributed by atoms with Gasteiger partial charge in [-0.05, 0) is 50.2 Å². The predicted molar refractivity (Wildman–Crippen MR) is 115 cm³/mol. The Balaban J connectivity index is 1.46. The SMILES string of the molecule is CCc1nn(CCCOC(=O)c2ccc(C)n2C)c2c1C(=O)NCC1(CCOCC1)C2. The van der Waals surface area contributed by atoms with Gasteiger partial charge in [0.15, 0.2) is 0 Å². The molecule has 2 aromatic rings. The van der Waals surface area contributed by atoms with E-state index in [0.717, 1.165) is 55.1 Å². The van der Waals surface area contributed by atoms with E-state index in [1.807, 2.05) is 36.2 Å². The molecule has 1 amide bonds. The fraction of sp³-hybridized carbons (Fsp3) is 0.609. The molecule has 0 radical (unpaired) electrons. The standard InChI is InChI=1S/C23H32N4O4/c1-4-17-20-19(14-23(15-24-21(20)28)8-12-30-13-9-23)27(25-17)10-5-11-31-22(29)18-7-6-16(2)26(18)3/h6-7H,4-5,8-15H2,1-3H3,(H,24,28). The maximum Gasteiger partial charge on any atom is 0.354 e. The molecule has 4 rings (SSSR count). The Morgan fingerprint density at radius 2 is 2.10 bits per heavy atom. The Bertz CT molecular complexity index is 969. The second-order valence-electron chi connectivity index (χ2n) is 8.73. The van der Waals surface area contributed by atoms with Crippen LogP contribution in [0, 0.1) is 12.3 Å². The van der Waals surface area contributed by atoms with Crippen LogP contribution in [0.2, 0.25) is 0 Å². The van der Waals surface area contributed by atoms with Gasteiger partial charge in [-0.2, -0.15) is 5.10 Å². The van der Waals surface area contributed by atoms with E-state index in [1.165, 1.54) is 0 Å². The van der Waals surface area contributed by atoms with Crippen molar-refractivity contribution in [2.75, 3.05) is 26.4 Å². The number of esters is 1. The van der Waals surface area contributed by atoms with Crippen molar-refractivity contribution >= 4 is 11.9 Å². The zero-order valence-corrected chi connectivity index (χ0v) is 18.7. The number of amides is 1. The third-order valence-corrected chi connectivity index (χ3v) is 6.74. The number of nitrogens with zero attached hydrogens (tertiary/aromatic N) is 3. The summed E-state index contributed by atoms with van der Waals surface area (Å²) in [5.41, 5.74) is 4.18. The van der Waals surface area contributed by atoms with Gasteiger partial charge in [-0.1, -0.05) is 6.92 Å². The maximum absolute atomic E-state index is 12.9. The lowest BCUT2D eigenvalue weighted by Gasteiger charge is -2.36. The lowest BCUT2D eigenvalue weighted by atomic mass is 9.76. The highest BCUT2D eigenvalue weighted by molar-refractivity contribution is 5.97. The third-order valence-electron chi connectivity index (χ3n) is 6.74. The normalized spacial score (nSPS) is 17.8. The number of hydrogen-bond donors (Lipinski definition) is 1. The Labute approximate surface area is 182 Å². The van der Waals surface area contributed by atoms with Crippen molar-refractivity contribution < 1.29 is 19.1 Å². The molecule has 31 heavy (non-hydrogen) atoms. The molecule has 8 heteroatoms. The number of aryl methyl sites for hydroxylation is 3. The molecule has 2 aromatic heterocycles. The van der Waals surface area contributed by atoms with Gasteiger partial charge in [0.25, 0.3) is 5.91 Å². The fourth-order valence-corrected chi connectivity index (χ4v) is 4.63. The van der Waals surface area contributed by atoms with Crippen molar-refractivity contribution in [1.29, 1.82) is 0 Å². The topological polar surface area (TPSA) is 87.4 Å². The number of aromatic nitrogens is 3. The van der Waals surface area contributed by atoms with Gasteiger partial charge in [-0.15, -0.1) is 0 Å². The number of nitrogens with one attached hydrogen (secondary N) is 1. The Morgan fingerprint density at radius 3 is 2.77 bits per heavy atom. The molecule has 0 aliphatic carbocycles. The van der Waals surface area contributed by atoms with E-state index < -0.39 is 0 Å². The van der Waals surface area contributed by atoms with Crippen LogP contribution in [-0.2, 0) is 35.9 Å². The van der Waals surface area contributed by atoms with Gasteiger partial charge in [0.1, 0.15) is 5.69 Å². The van der Waals surface area contributed by atoms with Gasteiger partial charge in [-0.3, -0.25) is 9.48 Å². The van der Waals surface area contributed by atoms with Crippen LogP contribution in [0.4, 0.5) is 0 Å². The van der Waals surface area contributed by atoms with Crippen LogP contribution < -0.4 is 5.32 Å². The first-order chi connectivity index (χ1) is 14.9. The first-order valence-electron chi connectivity index (χ1n) is 11.2. The zero-order valence-electron chi connectivity index (χ0n) is 18.7. The molecule has 1 N–H and O–H groups in total. The third kappa shape index (κ3) is 4.26. The van der Waals surface area contributed by atoms with Crippen LogP contribution in [0.15, 0.2) is 12.1 Å². The van der Waals surface area contributed by atoms with Gasteiger partial charge in [-0.25, -0.2) is 4.79 Å². The van der Waals surface area contributed by atoms with E-state index in [2.05, 4.69) is 5.32 Å². The summed E-state index contributed by atoms with van der Waals surface area (Å²) in [6, 6.07) is 3.68. The van der Waals surface area contributed by atoms with Gasteiger partial charge in [0.2, 0.25) is 0 Å². The molecule has 8 nitrogen and oxygen atoms in total. The van der Waals surface area contributed by atoms with Crippen molar-refractivity contribution in [2.24, 2.45) is 12.5 Å². The lowest BCUT2D eigenvalue weighted by molar-refractivity contribution is 0.0152. The van der Waals surface area contributed by atoms with Crippen LogP contribution in [0.25, 0.3) is 0 Å². The van der Waals surface area contributed by atoms with Crippen molar-refractivity contribution in [3.05, 3.63) is 40.5 Å². The summed E-state index contributed by atoms with van der Waals surface area (Å²) in [6.45, 7) is 7.04. The number of fused-ring (bicyclic) bond motifs is 1. The van der Waals surface area contributed by atoms with E-state index >= 15 is 0 Å². The summed E-state index contributed by atoms with van der Waals surface area (Å²) in [7, 11) is 1.86. The number of carbonyl (C=O) groups is 2. The highest BCUT2D eigenvalue weighted by Gasteiger charge is 2.39. The molecule has 1 spiro atoms. The number of rotatable bonds is 6. The highest BCUT2D eigenvalue weighted by atomic mass is 16.5. The number of ether oxygens (including phenoxy) is 2. The fourth-order valence-electron chi connectivity index (χ4n) is 4.63. The van der Waals surface area contributed by atoms with Crippen LogP contribution in [0.1, 0.15) is 64.1 Å². The molecule has 0 aromatic carbocycles. The van der Waals surface area contributed by atoms with E-state index in [9.17, 15) is 9.59 Å². The van der Waals surface area contributed by atoms with E-state index in [0.29, 0.717) is 38.2 Å². The minimum atomic E-state index is -0.315. The molecule has 2 aliphatic rings. The minimum absolute atomic E-state index is 0.0213. The molecule has 2 aliphatic heterocycles. The summed E-state index contributed by atoms with van der Waals surface area (Å²) in [5.74, 6) is -0.336. The summed E-state index contributed by atoms with van der Waals surface area (Å²) in [4.78, 5) is 25.2. The minimum Gasteiger partial charge on any atom is -0.461 e. The molecule has 4 heterocycles. The molecule has 168 valence electrons.